The SMILES string of the molecule is CCOC(Cc1ccc(OCCN(CCOCc2cc(Cl)cc(Cl)c2)C(=O)Nc2ccc(C)cc2)cc1)C(=O)O. The van der Waals surface area contributed by atoms with Crippen LogP contribution in [0.15, 0.2) is 66.7 Å². The first kappa shape index (κ1) is 31.2. The lowest BCUT2D eigenvalue weighted by Gasteiger charge is -2.23. The second-order valence-corrected chi connectivity index (χ2v) is 9.97. The van der Waals surface area contributed by atoms with E-state index in [9.17, 15) is 14.7 Å². The zero-order valence-electron chi connectivity index (χ0n) is 22.6. The number of carbonyl (C=O) groups is 2. The number of halogens is 2. The molecule has 10 heteroatoms. The third-order valence-electron chi connectivity index (χ3n) is 5.90. The predicted molar refractivity (Wildman–Crippen MR) is 157 cm³/mol. The van der Waals surface area contributed by atoms with Crippen LogP contribution in [0.5, 0.6) is 5.75 Å². The second-order valence-electron chi connectivity index (χ2n) is 9.09. The fourth-order valence-electron chi connectivity index (χ4n) is 3.84. The molecular weight excluding hydrogens is 555 g/mol. The van der Waals surface area contributed by atoms with Crippen molar-refractivity contribution >= 4 is 40.9 Å². The summed E-state index contributed by atoms with van der Waals surface area (Å²) >= 11 is 12.1. The standard InChI is InChI=1S/C30H34Cl2N2O6/c1-3-39-28(29(35)36)18-22-6-10-27(11-7-22)40-15-13-34(30(37)33-26-8-4-21(2)5-9-26)12-14-38-20-23-16-24(31)19-25(32)17-23/h4-11,16-17,19,28H,3,12-15,18,20H2,1-2H3,(H,33,37)(H,35,36). The molecule has 3 aromatic rings. The summed E-state index contributed by atoms with van der Waals surface area (Å²) in [5.74, 6) is -0.383. The molecule has 0 aromatic heterocycles. The van der Waals surface area contributed by atoms with Gasteiger partial charge in [0.2, 0.25) is 0 Å². The highest BCUT2D eigenvalue weighted by molar-refractivity contribution is 6.34. The Kier molecular flexibility index (Phi) is 12.6. The van der Waals surface area contributed by atoms with E-state index in [1.54, 1.807) is 42.2 Å². The zero-order valence-corrected chi connectivity index (χ0v) is 24.1. The lowest BCUT2D eigenvalue weighted by Crippen LogP contribution is -2.40. The van der Waals surface area contributed by atoms with Gasteiger partial charge in [-0.25, -0.2) is 9.59 Å². The van der Waals surface area contributed by atoms with Gasteiger partial charge in [0, 0.05) is 35.3 Å². The first-order valence-electron chi connectivity index (χ1n) is 12.9. The molecule has 1 atom stereocenters. The molecule has 3 rings (SSSR count). The average molecular weight is 590 g/mol. The van der Waals surface area contributed by atoms with Crippen LogP contribution in [0, 0.1) is 6.92 Å². The van der Waals surface area contributed by atoms with Gasteiger partial charge < -0.3 is 29.5 Å². The van der Waals surface area contributed by atoms with Gasteiger partial charge in [-0.2, -0.15) is 0 Å². The third kappa shape index (κ3) is 10.7. The Morgan fingerprint density at radius 2 is 1.57 bits per heavy atom. The molecule has 40 heavy (non-hydrogen) atoms. The van der Waals surface area contributed by atoms with E-state index in [4.69, 9.17) is 37.4 Å². The number of anilines is 1. The number of carboxylic acids is 1. The molecule has 1 unspecified atom stereocenters. The largest absolute Gasteiger partial charge is 0.492 e. The molecule has 0 aliphatic heterocycles. The highest BCUT2D eigenvalue weighted by Gasteiger charge is 2.18. The molecule has 214 valence electrons. The van der Waals surface area contributed by atoms with Gasteiger partial charge in [-0.3, -0.25) is 0 Å². The van der Waals surface area contributed by atoms with Crippen LogP contribution in [-0.4, -0.2) is 61.0 Å². The molecule has 3 aromatic carbocycles. The zero-order chi connectivity index (χ0) is 28.9. The number of nitrogens with zero attached hydrogens (tertiary/aromatic N) is 1. The average Bonchev–Trinajstić information content (AvgIpc) is 2.91. The summed E-state index contributed by atoms with van der Waals surface area (Å²) in [6.45, 7) is 5.58. The van der Waals surface area contributed by atoms with Crippen LogP contribution in [0.2, 0.25) is 10.0 Å². The van der Waals surface area contributed by atoms with Crippen LogP contribution in [0.1, 0.15) is 23.6 Å². The number of benzene rings is 3. The summed E-state index contributed by atoms with van der Waals surface area (Å²) in [5.41, 5.74) is 3.46. The van der Waals surface area contributed by atoms with Crippen LogP contribution in [0.4, 0.5) is 10.5 Å². The molecular formula is C30H34Cl2N2O6. The number of ether oxygens (including phenoxy) is 3. The van der Waals surface area contributed by atoms with E-state index in [0.717, 1.165) is 16.7 Å². The minimum atomic E-state index is -0.994. The Morgan fingerprint density at radius 3 is 2.20 bits per heavy atom. The molecule has 0 saturated carbocycles. The van der Waals surface area contributed by atoms with E-state index >= 15 is 0 Å². The summed E-state index contributed by atoms with van der Waals surface area (Å²) in [5, 5.41) is 13.3. The lowest BCUT2D eigenvalue weighted by molar-refractivity contribution is -0.149. The second kappa shape index (κ2) is 16.1. The van der Waals surface area contributed by atoms with Crippen molar-refractivity contribution in [3.8, 4) is 5.75 Å². The molecule has 2 amide bonds. The molecule has 2 N–H and O–H groups in total. The minimum absolute atomic E-state index is 0.251. The van der Waals surface area contributed by atoms with Gasteiger partial charge in [-0.15, -0.1) is 0 Å². The van der Waals surface area contributed by atoms with Crippen molar-refractivity contribution in [3.05, 3.63) is 93.5 Å². The van der Waals surface area contributed by atoms with E-state index in [-0.39, 0.29) is 19.1 Å². The maximum absolute atomic E-state index is 13.1. The summed E-state index contributed by atoms with van der Waals surface area (Å²) in [4.78, 5) is 26.0. The number of aliphatic carboxylic acids is 1. The van der Waals surface area contributed by atoms with Gasteiger partial charge in [0.25, 0.3) is 0 Å². The quantitative estimate of drug-likeness (QED) is 0.198. The Hall–Kier alpha value is -3.30. The highest BCUT2D eigenvalue weighted by atomic mass is 35.5. The van der Waals surface area contributed by atoms with Crippen molar-refractivity contribution in [1.29, 1.82) is 0 Å². The van der Waals surface area contributed by atoms with Gasteiger partial charge >= 0.3 is 12.0 Å². The molecule has 0 aliphatic rings. The molecule has 0 heterocycles. The predicted octanol–water partition coefficient (Wildman–Crippen LogP) is 6.46. The van der Waals surface area contributed by atoms with E-state index in [1.165, 1.54) is 0 Å². The van der Waals surface area contributed by atoms with Crippen LogP contribution in [0.3, 0.4) is 0 Å². The van der Waals surface area contributed by atoms with Gasteiger partial charge in [-0.1, -0.05) is 53.0 Å². The van der Waals surface area contributed by atoms with Crippen molar-refractivity contribution in [2.75, 3.05) is 38.2 Å². The van der Waals surface area contributed by atoms with Gasteiger partial charge in [0.05, 0.1) is 19.8 Å². The molecule has 0 radical (unpaired) electrons. The van der Waals surface area contributed by atoms with Crippen LogP contribution >= 0.6 is 23.2 Å². The Morgan fingerprint density at radius 1 is 0.925 bits per heavy atom. The van der Waals surface area contributed by atoms with Crippen LogP contribution in [0.25, 0.3) is 0 Å². The minimum Gasteiger partial charge on any atom is -0.492 e. The summed E-state index contributed by atoms with van der Waals surface area (Å²) in [6, 6.07) is 19.7. The number of urea groups is 1. The number of amides is 2. The number of carboxylic acid groups (broad SMARTS) is 1. The maximum Gasteiger partial charge on any atom is 0.333 e. The van der Waals surface area contributed by atoms with E-state index in [2.05, 4.69) is 5.32 Å². The summed E-state index contributed by atoms with van der Waals surface area (Å²) < 4.78 is 16.9. The van der Waals surface area contributed by atoms with Crippen molar-refractivity contribution in [1.82, 2.24) is 4.90 Å². The first-order valence-corrected chi connectivity index (χ1v) is 13.7. The number of aryl methyl sites for hydroxylation is 1. The van der Waals surface area contributed by atoms with Gasteiger partial charge in [0.1, 0.15) is 12.4 Å². The normalized spacial score (nSPS) is 11.6. The van der Waals surface area contributed by atoms with Gasteiger partial charge in [-0.05, 0) is 67.4 Å². The molecule has 0 aliphatic carbocycles. The molecule has 0 fully saturated rings. The van der Waals surface area contributed by atoms with Crippen molar-refractivity contribution < 1.29 is 28.9 Å². The Balaban J connectivity index is 1.55. The molecule has 8 nitrogen and oxygen atoms in total. The highest BCUT2D eigenvalue weighted by Crippen LogP contribution is 2.20. The third-order valence-corrected chi connectivity index (χ3v) is 6.34. The summed E-state index contributed by atoms with van der Waals surface area (Å²) in [7, 11) is 0. The molecule has 0 spiro atoms. The maximum atomic E-state index is 13.1. The van der Waals surface area contributed by atoms with E-state index in [0.29, 0.717) is 54.4 Å². The molecule has 0 bridgehead atoms. The smallest absolute Gasteiger partial charge is 0.333 e. The number of rotatable bonds is 15. The fraction of sp³-hybridized carbons (Fsp3) is 0.333. The topological polar surface area (TPSA) is 97.3 Å². The van der Waals surface area contributed by atoms with Crippen LogP contribution < -0.4 is 10.1 Å². The first-order chi connectivity index (χ1) is 19.2. The Labute approximate surface area is 244 Å². The van der Waals surface area contributed by atoms with Crippen LogP contribution in [-0.2, 0) is 27.3 Å². The molecule has 0 saturated heterocycles. The number of carbonyl (C=O) groups excluding carboxylic acids is 1. The lowest BCUT2D eigenvalue weighted by atomic mass is 10.1. The van der Waals surface area contributed by atoms with Crippen molar-refractivity contribution in [2.45, 2.75) is 33.0 Å². The summed E-state index contributed by atoms with van der Waals surface area (Å²) in [6.07, 6.45) is -0.631. The van der Waals surface area contributed by atoms with Crippen molar-refractivity contribution in [2.24, 2.45) is 0 Å². The van der Waals surface area contributed by atoms with E-state index in [1.807, 2.05) is 43.3 Å². The van der Waals surface area contributed by atoms with E-state index < -0.39 is 12.1 Å². The monoisotopic (exact) mass is 588 g/mol. The number of hydrogen-bond acceptors (Lipinski definition) is 5. The number of nitrogens with one attached hydrogen (secondary N) is 1. The Bertz CT molecular complexity index is 1220. The van der Waals surface area contributed by atoms with Gasteiger partial charge in [0.15, 0.2) is 6.10 Å². The van der Waals surface area contributed by atoms with Crippen molar-refractivity contribution in [3.63, 3.8) is 0 Å². The fourth-order valence-corrected chi connectivity index (χ4v) is 4.41. The number of hydrogen-bond donors (Lipinski definition) is 2.